The Bertz CT molecular complexity index is 319. The average Bonchev–Trinajstić information content (AvgIpc) is 2.44. The summed E-state index contributed by atoms with van der Waals surface area (Å²) in [6, 6.07) is 0.0987. The van der Waals surface area contributed by atoms with Gasteiger partial charge in [0.2, 0.25) is 0 Å². The lowest BCUT2D eigenvalue weighted by atomic mass is 9.92. The predicted octanol–water partition coefficient (Wildman–Crippen LogP) is 0.248. The van der Waals surface area contributed by atoms with Crippen molar-refractivity contribution in [2.75, 3.05) is 0 Å². The lowest BCUT2D eigenvalue weighted by molar-refractivity contribution is 0.274. The fourth-order valence-electron chi connectivity index (χ4n) is 2.14. The maximum absolute atomic E-state index is 9.08. The van der Waals surface area contributed by atoms with Crippen molar-refractivity contribution in [3.63, 3.8) is 0 Å². The van der Waals surface area contributed by atoms with Crippen molar-refractivity contribution in [3.05, 3.63) is 17.0 Å². The molecule has 1 unspecified atom stereocenters. The van der Waals surface area contributed by atoms with Crippen LogP contribution >= 0.6 is 0 Å². The van der Waals surface area contributed by atoms with Gasteiger partial charge < -0.3 is 10.8 Å². The molecule has 0 aliphatic heterocycles. The van der Waals surface area contributed by atoms with E-state index in [1.807, 2.05) is 11.7 Å². The Morgan fingerprint density at radius 3 is 3.15 bits per heavy atom. The highest BCUT2D eigenvalue weighted by molar-refractivity contribution is 5.30. The van der Waals surface area contributed by atoms with Gasteiger partial charge in [-0.2, -0.15) is 5.10 Å². The number of fused-ring (bicyclic) bond motifs is 1. The first-order valence-electron chi connectivity index (χ1n) is 4.65. The van der Waals surface area contributed by atoms with Crippen LogP contribution in [0.4, 0.5) is 0 Å². The molecule has 1 aliphatic carbocycles. The summed E-state index contributed by atoms with van der Waals surface area (Å²) in [7, 11) is 1.89. The minimum atomic E-state index is 0.0237. The third kappa shape index (κ3) is 1.26. The number of aryl methyl sites for hydroxylation is 1. The molecule has 0 fully saturated rings. The van der Waals surface area contributed by atoms with Crippen LogP contribution in [0.25, 0.3) is 0 Å². The van der Waals surface area contributed by atoms with Crippen LogP contribution in [0.3, 0.4) is 0 Å². The number of rotatable bonds is 1. The normalized spacial score (nSPS) is 21.6. The maximum atomic E-state index is 9.08. The standard InChI is InChI=1S/C9H15N3O/c1-12-9-6(8(5-13)11-12)3-2-4-7(9)10/h7,13H,2-5,10H2,1H3. The van der Waals surface area contributed by atoms with Gasteiger partial charge in [-0.15, -0.1) is 0 Å². The quantitative estimate of drug-likeness (QED) is 0.652. The summed E-state index contributed by atoms with van der Waals surface area (Å²) in [6.45, 7) is 0.0237. The van der Waals surface area contributed by atoms with Gasteiger partial charge in [-0.05, 0) is 19.3 Å². The summed E-state index contributed by atoms with van der Waals surface area (Å²) in [5.41, 5.74) is 9.05. The number of aliphatic hydroxyl groups excluding tert-OH is 1. The molecule has 0 aromatic carbocycles. The van der Waals surface area contributed by atoms with Crippen molar-refractivity contribution < 1.29 is 5.11 Å². The van der Waals surface area contributed by atoms with Gasteiger partial charge >= 0.3 is 0 Å². The zero-order valence-corrected chi connectivity index (χ0v) is 7.82. The van der Waals surface area contributed by atoms with Crippen LogP contribution in [0, 0.1) is 0 Å². The summed E-state index contributed by atoms with van der Waals surface area (Å²) in [4.78, 5) is 0. The first kappa shape index (κ1) is 8.72. The monoisotopic (exact) mass is 181 g/mol. The number of hydrogen-bond acceptors (Lipinski definition) is 3. The number of aromatic nitrogens is 2. The van der Waals surface area contributed by atoms with Gasteiger partial charge in [0.1, 0.15) is 0 Å². The Balaban J connectivity index is 2.51. The summed E-state index contributed by atoms with van der Waals surface area (Å²) in [6.07, 6.45) is 3.14. The smallest absolute Gasteiger partial charge is 0.0914 e. The number of aliphatic hydroxyl groups is 1. The molecule has 0 radical (unpaired) electrons. The van der Waals surface area contributed by atoms with E-state index in [1.165, 1.54) is 5.56 Å². The van der Waals surface area contributed by atoms with E-state index in [0.717, 1.165) is 30.7 Å². The second kappa shape index (κ2) is 3.12. The number of nitrogens with zero attached hydrogens (tertiary/aromatic N) is 2. The molecule has 1 atom stereocenters. The van der Waals surface area contributed by atoms with Crippen LogP contribution in [0.2, 0.25) is 0 Å². The minimum Gasteiger partial charge on any atom is -0.390 e. The van der Waals surface area contributed by atoms with Gasteiger partial charge in [-0.1, -0.05) is 0 Å². The predicted molar refractivity (Wildman–Crippen MR) is 49.0 cm³/mol. The van der Waals surface area contributed by atoms with E-state index in [-0.39, 0.29) is 12.6 Å². The van der Waals surface area contributed by atoms with Gasteiger partial charge in [0.15, 0.2) is 0 Å². The summed E-state index contributed by atoms with van der Waals surface area (Å²) in [5, 5.41) is 13.3. The molecule has 13 heavy (non-hydrogen) atoms. The second-order valence-electron chi connectivity index (χ2n) is 3.59. The minimum absolute atomic E-state index is 0.0237. The zero-order chi connectivity index (χ0) is 9.42. The molecule has 3 N–H and O–H groups in total. The van der Waals surface area contributed by atoms with Crippen LogP contribution in [0.5, 0.6) is 0 Å². The van der Waals surface area contributed by atoms with E-state index in [4.69, 9.17) is 10.8 Å². The van der Waals surface area contributed by atoms with E-state index in [0.29, 0.717) is 0 Å². The molecule has 2 rings (SSSR count). The summed E-state index contributed by atoms with van der Waals surface area (Å²) in [5.74, 6) is 0. The number of nitrogens with two attached hydrogens (primary N) is 1. The molecular weight excluding hydrogens is 166 g/mol. The average molecular weight is 181 g/mol. The zero-order valence-electron chi connectivity index (χ0n) is 7.82. The SMILES string of the molecule is Cn1nc(CO)c2c1C(N)CCC2. The van der Waals surface area contributed by atoms with E-state index >= 15 is 0 Å². The van der Waals surface area contributed by atoms with Crippen molar-refractivity contribution in [1.29, 1.82) is 0 Å². The Morgan fingerprint density at radius 2 is 2.46 bits per heavy atom. The first-order valence-corrected chi connectivity index (χ1v) is 4.65. The summed E-state index contributed by atoms with van der Waals surface area (Å²) < 4.78 is 1.81. The molecule has 0 saturated carbocycles. The molecule has 0 spiro atoms. The van der Waals surface area contributed by atoms with E-state index < -0.39 is 0 Å². The fourth-order valence-corrected chi connectivity index (χ4v) is 2.14. The van der Waals surface area contributed by atoms with Crippen LogP contribution in [0.1, 0.15) is 35.8 Å². The van der Waals surface area contributed by atoms with Gasteiger partial charge in [-0.25, -0.2) is 0 Å². The van der Waals surface area contributed by atoms with Crippen LogP contribution in [-0.2, 0) is 20.1 Å². The molecule has 1 heterocycles. The third-order valence-corrected chi connectivity index (χ3v) is 2.72. The molecule has 0 saturated heterocycles. The van der Waals surface area contributed by atoms with Crippen molar-refractivity contribution in [1.82, 2.24) is 9.78 Å². The molecule has 4 heteroatoms. The van der Waals surface area contributed by atoms with Crippen molar-refractivity contribution in [2.24, 2.45) is 12.8 Å². The number of hydrogen-bond donors (Lipinski definition) is 2. The van der Waals surface area contributed by atoms with Crippen LogP contribution in [-0.4, -0.2) is 14.9 Å². The van der Waals surface area contributed by atoms with Gasteiger partial charge in [0.25, 0.3) is 0 Å². The highest BCUT2D eigenvalue weighted by atomic mass is 16.3. The van der Waals surface area contributed by atoms with E-state index in [2.05, 4.69) is 5.10 Å². The topological polar surface area (TPSA) is 64.1 Å². The Labute approximate surface area is 77.4 Å². The van der Waals surface area contributed by atoms with Gasteiger partial charge in [-0.3, -0.25) is 4.68 Å². The summed E-state index contributed by atoms with van der Waals surface area (Å²) >= 11 is 0. The molecule has 1 aromatic rings. The highest BCUT2D eigenvalue weighted by Gasteiger charge is 2.24. The third-order valence-electron chi connectivity index (χ3n) is 2.72. The fraction of sp³-hybridized carbons (Fsp3) is 0.667. The van der Waals surface area contributed by atoms with Crippen molar-refractivity contribution in [3.8, 4) is 0 Å². The lowest BCUT2D eigenvalue weighted by Gasteiger charge is -2.19. The molecule has 0 bridgehead atoms. The van der Waals surface area contributed by atoms with Gasteiger partial charge in [0, 0.05) is 18.7 Å². The van der Waals surface area contributed by atoms with Crippen LogP contribution < -0.4 is 5.73 Å². The van der Waals surface area contributed by atoms with E-state index in [1.54, 1.807) is 0 Å². The van der Waals surface area contributed by atoms with E-state index in [9.17, 15) is 0 Å². The Morgan fingerprint density at radius 1 is 1.69 bits per heavy atom. The highest BCUT2D eigenvalue weighted by Crippen LogP contribution is 2.29. The van der Waals surface area contributed by atoms with Crippen molar-refractivity contribution in [2.45, 2.75) is 31.9 Å². The maximum Gasteiger partial charge on any atom is 0.0914 e. The first-order chi connectivity index (χ1) is 6.24. The van der Waals surface area contributed by atoms with Gasteiger partial charge in [0.05, 0.1) is 18.0 Å². The Hall–Kier alpha value is -0.870. The molecule has 1 aliphatic rings. The second-order valence-corrected chi connectivity index (χ2v) is 3.59. The van der Waals surface area contributed by atoms with Crippen LogP contribution in [0.15, 0.2) is 0 Å². The van der Waals surface area contributed by atoms with Crippen molar-refractivity contribution >= 4 is 0 Å². The molecule has 4 nitrogen and oxygen atoms in total. The Kier molecular flexibility index (Phi) is 2.09. The molecule has 72 valence electrons. The molecule has 0 amide bonds. The lowest BCUT2D eigenvalue weighted by Crippen LogP contribution is -2.20. The molecular formula is C9H15N3O. The largest absolute Gasteiger partial charge is 0.390 e. The molecule has 1 aromatic heterocycles.